The van der Waals surface area contributed by atoms with Crippen LogP contribution in [-0.2, 0) is 0 Å². The first-order valence-electron chi connectivity index (χ1n) is 15.9. The zero-order chi connectivity index (χ0) is 30.6. The molecule has 5 fully saturated rings. The molecule has 216 valence electrons. The maximum Gasteiger partial charge on any atom is 0.319 e. The number of nitrogens with zero attached hydrogens (tertiary/aromatic N) is 5. The van der Waals surface area contributed by atoms with Crippen LogP contribution in [0.5, 0.6) is 11.8 Å². The number of aromatic hydroxyl groups is 1. The molecule has 5 aliphatic rings. The second-order valence-electron chi connectivity index (χ2n) is 12.2. The molecule has 0 amide bonds. The lowest BCUT2D eigenvalue weighted by Crippen LogP contribution is -2.51. The number of halogens is 3. The third-order valence-electron chi connectivity index (χ3n) is 9.30. The van der Waals surface area contributed by atoms with Crippen LogP contribution in [0.3, 0.4) is 0 Å². The molecule has 4 saturated heterocycles. The van der Waals surface area contributed by atoms with Crippen molar-refractivity contribution in [3.05, 3.63) is 34.7 Å². The molecule has 4 atom stereocenters. The molecule has 1 aliphatic carbocycles. The van der Waals surface area contributed by atoms with Gasteiger partial charge < -0.3 is 20.1 Å². The van der Waals surface area contributed by atoms with E-state index in [1.807, 2.05) is 0 Å². The lowest BCUT2D eigenvalue weighted by atomic mass is 9.95. The molecule has 2 aromatic heterocycles. The van der Waals surface area contributed by atoms with Crippen molar-refractivity contribution in [1.82, 2.24) is 25.2 Å². The van der Waals surface area contributed by atoms with Crippen molar-refractivity contribution < 1.29 is 22.7 Å². The fourth-order valence-electron chi connectivity index (χ4n) is 7.19. The van der Waals surface area contributed by atoms with Gasteiger partial charge in [0.2, 0.25) is 0 Å². The van der Waals surface area contributed by atoms with Crippen LogP contribution in [0, 0.1) is 5.82 Å². The van der Waals surface area contributed by atoms with E-state index in [-0.39, 0.29) is 67.0 Å². The van der Waals surface area contributed by atoms with Crippen molar-refractivity contribution >= 4 is 28.3 Å². The maximum absolute atomic E-state index is 16.6. The Labute approximate surface area is 246 Å². The predicted octanol–water partition coefficient (Wildman–Crippen LogP) is 4.96. The van der Waals surface area contributed by atoms with Gasteiger partial charge in [0.1, 0.15) is 35.5 Å². The second kappa shape index (κ2) is 9.61. The smallest absolute Gasteiger partial charge is 0.319 e. The highest BCUT2D eigenvalue weighted by molar-refractivity contribution is 6.32. The highest BCUT2D eigenvalue weighted by atomic mass is 35.5. The molecule has 11 heteroatoms. The van der Waals surface area contributed by atoms with E-state index in [4.69, 9.17) is 25.4 Å². The zero-order valence-electron chi connectivity index (χ0n) is 25.5. The predicted molar refractivity (Wildman–Crippen MR) is 152 cm³/mol. The van der Waals surface area contributed by atoms with Gasteiger partial charge in [-0.05, 0) is 68.6 Å². The Bertz CT molecular complexity index is 1670. The van der Waals surface area contributed by atoms with Crippen LogP contribution >= 0.6 is 11.6 Å². The first kappa shape index (κ1) is 22.7. The molecule has 0 spiro atoms. The van der Waals surface area contributed by atoms with Crippen molar-refractivity contribution in [2.75, 3.05) is 37.6 Å². The third kappa shape index (κ3) is 4.41. The Morgan fingerprint density at radius 1 is 1.20 bits per heavy atom. The van der Waals surface area contributed by atoms with E-state index in [9.17, 15) is 9.50 Å². The summed E-state index contributed by atoms with van der Waals surface area (Å²) in [7, 11) is 0. The first-order valence-corrected chi connectivity index (χ1v) is 14.8. The number of pyridine rings is 1. The molecule has 0 radical (unpaired) electrons. The van der Waals surface area contributed by atoms with Gasteiger partial charge in [-0.25, -0.2) is 8.78 Å². The molecule has 1 aromatic carbocycles. The number of phenols is 1. The number of nitrogens with one attached hydrogen (secondary N) is 1. The number of ether oxygens (including phenoxy) is 1. The van der Waals surface area contributed by atoms with Gasteiger partial charge in [-0.2, -0.15) is 9.97 Å². The molecule has 8 nitrogen and oxygen atoms in total. The van der Waals surface area contributed by atoms with Gasteiger partial charge >= 0.3 is 6.01 Å². The van der Waals surface area contributed by atoms with Gasteiger partial charge in [0, 0.05) is 57.7 Å². The SMILES string of the molecule is [2H]C1([2H])CC[C@@]2(COc3nc(N4C[C@H]5CC[C@@H](C4)N5)c4cnc(-c5cc(O)cc(Cl)c5C5CC5)c(F)c4n3)C[C@@]([2H])(F)CN12. The van der Waals surface area contributed by atoms with Crippen LogP contribution in [0.15, 0.2) is 18.3 Å². The first-order chi connectivity index (χ1) is 20.9. The average Bonchev–Trinajstić information content (AvgIpc) is 3.63. The van der Waals surface area contributed by atoms with E-state index in [1.54, 1.807) is 6.20 Å². The van der Waals surface area contributed by atoms with E-state index in [0.29, 0.717) is 41.3 Å². The minimum absolute atomic E-state index is 0.00458. The summed E-state index contributed by atoms with van der Waals surface area (Å²) in [5, 5.41) is 14.7. The number of piperazine rings is 1. The molecule has 2 bridgehead atoms. The molecule has 3 aromatic rings. The summed E-state index contributed by atoms with van der Waals surface area (Å²) in [5.74, 6) is -0.133. The molecule has 4 aliphatic heterocycles. The van der Waals surface area contributed by atoms with E-state index in [1.165, 1.54) is 17.0 Å². The van der Waals surface area contributed by atoms with Crippen molar-refractivity contribution in [2.45, 2.75) is 74.6 Å². The minimum Gasteiger partial charge on any atom is -0.508 e. The number of hydrogen-bond acceptors (Lipinski definition) is 8. The quantitative estimate of drug-likeness (QED) is 0.420. The molecular formula is C30H33ClF2N6O2. The lowest BCUT2D eigenvalue weighted by Gasteiger charge is -2.34. The number of aromatic nitrogens is 3. The number of hydrogen-bond donors (Lipinski definition) is 2. The van der Waals surface area contributed by atoms with Crippen LogP contribution in [0.2, 0.25) is 5.02 Å². The standard InChI is InChI=1S/C30H33ClF2N6O2/c31-23-9-20(40)8-21(24(23)16-2-3-16)26-25(33)27-22(11-34-26)28(38-13-18-4-5-19(14-38)35-18)37-29(36-27)41-15-30-6-1-7-39(30)12-17(32)10-30/h8-9,11,16-19,35,40H,1-7,10,12-15H2/t17-,18-,19+,30+/m1/s1/i7D2,17D. The fraction of sp³-hybridized carbons (Fsp3) is 0.567. The molecule has 1 saturated carbocycles. The fourth-order valence-corrected chi connectivity index (χ4v) is 7.56. The number of rotatable bonds is 6. The van der Waals surface area contributed by atoms with E-state index >= 15 is 4.39 Å². The largest absolute Gasteiger partial charge is 0.508 e. The van der Waals surface area contributed by atoms with Crippen LogP contribution in [0.1, 0.15) is 60.5 Å². The normalized spacial score (nSPS) is 33.5. The van der Waals surface area contributed by atoms with Crippen molar-refractivity contribution in [2.24, 2.45) is 0 Å². The van der Waals surface area contributed by atoms with Gasteiger partial charge in [-0.15, -0.1) is 0 Å². The lowest BCUT2D eigenvalue weighted by molar-refractivity contribution is 0.107. The number of phenolic OH excluding ortho intramolecular Hbond substituents is 1. The Balaban J connectivity index is 1.23. The Morgan fingerprint density at radius 2 is 2.00 bits per heavy atom. The Hall–Kier alpha value is -2.82. The third-order valence-corrected chi connectivity index (χ3v) is 9.61. The highest BCUT2D eigenvalue weighted by Gasteiger charge is 2.49. The van der Waals surface area contributed by atoms with Crippen LogP contribution in [-0.4, -0.2) is 81.5 Å². The molecule has 0 unspecified atom stereocenters. The summed E-state index contributed by atoms with van der Waals surface area (Å²) in [6.07, 6.45) is 3.46. The molecule has 8 rings (SSSR count). The number of fused-ring (bicyclic) bond motifs is 4. The van der Waals surface area contributed by atoms with Gasteiger partial charge in [0.05, 0.1) is 12.3 Å². The van der Waals surface area contributed by atoms with Crippen LogP contribution in [0.25, 0.3) is 22.2 Å². The van der Waals surface area contributed by atoms with Crippen LogP contribution in [0.4, 0.5) is 14.6 Å². The Kier molecular flexibility index (Phi) is 5.33. The van der Waals surface area contributed by atoms with Crippen molar-refractivity contribution in [3.63, 3.8) is 0 Å². The minimum atomic E-state index is -2.30. The maximum atomic E-state index is 16.6. The number of anilines is 1. The summed E-state index contributed by atoms with van der Waals surface area (Å²) < 4.78 is 62.5. The van der Waals surface area contributed by atoms with Crippen molar-refractivity contribution in [3.8, 4) is 23.0 Å². The summed E-state index contributed by atoms with van der Waals surface area (Å²) in [4.78, 5) is 17.3. The summed E-state index contributed by atoms with van der Waals surface area (Å²) >= 11 is 6.52. The summed E-state index contributed by atoms with van der Waals surface area (Å²) in [5.41, 5.74) is 0.162. The number of alkyl halides is 1. The Morgan fingerprint density at radius 3 is 2.78 bits per heavy atom. The summed E-state index contributed by atoms with van der Waals surface area (Å²) in [6.45, 7) is -0.915. The van der Waals surface area contributed by atoms with E-state index in [2.05, 4.69) is 20.2 Å². The monoisotopic (exact) mass is 585 g/mol. The molecular weight excluding hydrogens is 550 g/mol. The van der Waals surface area contributed by atoms with Crippen LogP contribution < -0.4 is 15.0 Å². The molecule has 6 heterocycles. The molecule has 2 N–H and O–H groups in total. The van der Waals surface area contributed by atoms with Crippen molar-refractivity contribution in [1.29, 1.82) is 0 Å². The second-order valence-corrected chi connectivity index (χ2v) is 12.6. The zero-order valence-corrected chi connectivity index (χ0v) is 23.2. The van der Waals surface area contributed by atoms with Gasteiger partial charge in [-0.1, -0.05) is 11.6 Å². The van der Waals surface area contributed by atoms with Gasteiger partial charge in [0.15, 0.2) is 5.82 Å². The van der Waals surface area contributed by atoms with Gasteiger partial charge in [0.25, 0.3) is 0 Å². The highest BCUT2D eigenvalue weighted by Crippen LogP contribution is 2.49. The van der Waals surface area contributed by atoms with E-state index < -0.39 is 24.0 Å². The van der Waals surface area contributed by atoms with E-state index in [0.717, 1.165) is 31.2 Å². The number of benzene rings is 1. The average molecular weight is 586 g/mol. The topological polar surface area (TPSA) is 86.6 Å². The summed E-state index contributed by atoms with van der Waals surface area (Å²) in [6, 6.07) is 3.39. The van der Waals surface area contributed by atoms with Gasteiger partial charge in [-0.3, -0.25) is 9.88 Å². The molecule has 41 heavy (non-hydrogen) atoms.